The summed E-state index contributed by atoms with van der Waals surface area (Å²) in [6.45, 7) is 3.49. The van der Waals surface area contributed by atoms with E-state index in [4.69, 9.17) is 0 Å². The highest BCUT2D eigenvalue weighted by atomic mass is 32.1. The van der Waals surface area contributed by atoms with Crippen LogP contribution in [0.5, 0.6) is 0 Å². The fourth-order valence-corrected chi connectivity index (χ4v) is 3.78. The number of carbonyl (C=O) groups is 2. The predicted molar refractivity (Wildman–Crippen MR) is 93.8 cm³/mol. The normalized spacial score (nSPS) is 17.5. The van der Waals surface area contributed by atoms with Crippen LogP contribution in [0.15, 0.2) is 29.6 Å². The Balaban J connectivity index is 1.83. The molecule has 0 saturated carbocycles. The number of amides is 2. The van der Waals surface area contributed by atoms with Crippen molar-refractivity contribution in [2.45, 2.75) is 19.6 Å². The number of rotatable bonds is 4. The number of alkyl halides is 3. The number of anilines is 2. The maximum atomic E-state index is 13.0. The number of quaternary nitrogens is 1. The first-order chi connectivity index (χ1) is 12.7. The van der Waals surface area contributed by atoms with Gasteiger partial charge in [0.1, 0.15) is 12.2 Å². The molecule has 0 spiro atoms. The van der Waals surface area contributed by atoms with Gasteiger partial charge >= 0.3 is 6.18 Å². The van der Waals surface area contributed by atoms with Crippen molar-refractivity contribution in [2.75, 3.05) is 24.5 Å². The second-order valence-corrected chi connectivity index (χ2v) is 7.06. The van der Waals surface area contributed by atoms with Crippen molar-refractivity contribution in [1.29, 1.82) is 0 Å². The van der Waals surface area contributed by atoms with Gasteiger partial charge in [0.25, 0.3) is 5.91 Å². The summed E-state index contributed by atoms with van der Waals surface area (Å²) in [5, 5.41) is 4.82. The van der Waals surface area contributed by atoms with E-state index in [2.05, 4.69) is 10.3 Å². The predicted octanol–water partition coefficient (Wildman–Crippen LogP) is 1.36. The van der Waals surface area contributed by atoms with Crippen LogP contribution in [0.1, 0.15) is 18.2 Å². The molecule has 2 aromatic rings. The summed E-state index contributed by atoms with van der Waals surface area (Å²) in [4.78, 5) is 30.2. The zero-order valence-electron chi connectivity index (χ0n) is 14.5. The third kappa shape index (κ3) is 4.64. The molecule has 2 heterocycles. The molecule has 144 valence electrons. The van der Waals surface area contributed by atoms with Crippen LogP contribution < -0.4 is 15.1 Å². The molecule has 2 N–H and O–H groups in total. The monoisotopic (exact) mass is 399 g/mol. The molecule has 3 rings (SSSR count). The third-order valence-corrected chi connectivity index (χ3v) is 4.99. The van der Waals surface area contributed by atoms with E-state index in [-0.39, 0.29) is 11.6 Å². The lowest BCUT2D eigenvalue weighted by molar-refractivity contribution is -0.907. The van der Waals surface area contributed by atoms with Crippen molar-refractivity contribution in [2.24, 2.45) is 0 Å². The molecular weight excluding hydrogens is 381 g/mol. The van der Waals surface area contributed by atoms with E-state index in [1.165, 1.54) is 35.3 Å². The van der Waals surface area contributed by atoms with Crippen molar-refractivity contribution in [3.8, 4) is 0 Å². The SMILES string of the molecule is CC(=O)N(c1cccc(C(F)(F)F)c1)c1nc(C[NH+]2CCNC(=O)C2)cs1. The first-order valence-corrected chi connectivity index (χ1v) is 9.14. The van der Waals surface area contributed by atoms with E-state index < -0.39 is 17.6 Å². The minimum Gasteiger partial charge on any atom is -0.346 e. The molecule has 0 radical (unpaired) electrons. The highest BCUT2D eigenvalue weighted by Crippen LogP contribution is 2.34. The highest BCUT2D eigenvalue weighted by Gasteiger charge is 2.31. The lowest BCUT2D eigenvalue weighted by atomic mass is 10.2. The van der Waals surface area contributed by atoms with Gasteiger partial charge in [0.2, 0.25) is 5.91 Å². The van der Waals surface area contributed by atoms with Gasteiger partial charge < -0.3 is 10.2 Å². The molecule has 10 heteroatoms. The number of halogens is 3. The number of benzene rings is 1. The lowest BCUT2D eigenvalue weighted by Gasteiger charge is -2.22. The van der Waals surface area contributed by atoms with Gasteiger partial charge in [-0.05, 0) is 18.2 Å². The molecule has 1 fully saturated rings. The van der Waals surface area contributed by atoms with Crippen LogP contribution in [-0.4, -0.2) is 36.4 Å². The van der Waals surface area contributed by atoms with E-state index >= 15 is 0 Å². The number of piperazine rings is 1. The Labute approximate surface area is 157 Å². The van der Waals surface area contributed by atoms with Crippen LogP contribution in [0.2, 0.25) is 0 Å². The Bertz CT molecular complexity index is 853. The minimum atomic E-state index is -4.50. The molecule has 2 amide bonds. The van der Waals surface area contributed by atoms with Crippen molar-refractivity contribution in [1.82, 2.24) is 10.3 Å². The molecule has 1 atom stereocenters. The van der Waals surface area contributed by atoms with Gasteiger partial charge in [0.15, 0.2) is 11.7 Å². The third-order valence-electron chi connectivity index (χ3n) is 4.12. The van der Waals surface area contributed by atoms with Crippen LogP contribution >= 0.6 is 11.3 Å². The molecule has 1 unspecified atom stereocenters. The number of aromatic nitrogens is 1. The van der Waals surface area contributed by atoms with E-state index in [9.17, 15) is 22.8 Å². The maximum absolute atomic E-state index is 13.0. The minimum absolute atomic E-state index is 0.0268. The number of nitrogens with one attached hydrogen (secondary N) is 2. The molecular formula is C17H18F3N4O2S+. The van der Waals surface area contributed by atoms with Crippen LogP contribution in [0.4, 0.5) is 24.0 Å². The van der Waals surface area contributed by atoms with Crippen LogP contribution in [-0.2, 0) is 22.3 Å². The smallest absolute Gasteiger partial charge is 0.346 e. The summed E-state index contributed by atoms with van der Waals surface area (Å²) >= 11 is 1.18. The van der Waals surface area contributed by atoms with Crippen LogP contribution in [0.3, 0.4) is 0 Å². The van der Waals surface area contributed by atoms with Crippen molar-refractivity contribution >= 4 is 34.0 Å². The number of carbonyl (C=O) groups excluding carboxylic acids is 2. The number of hydrogen-bond acceptors (Lipinski definition) is 4. The zero-order valence-corrected chi connectivity index (χ0v) is 15.3. The van der Waals surface area contributed by atoms with Gasteiger partial charge in [-0.1, -0.05) is 6.07 Å². The van der Waals surface area contributed by atoms with Crippen molar-refractivity contribution in [3.63, 3.8) is 0 Å². The van der Waals surface area contributed by atoms with E-state index in [1.54, 1.807) is 5.38 Å². The lowest BCUT2D eigenvalue weighted by Crippen LogP contribution is -3.14. The number of nitrogens with zero attached hydrogens (tertiary/aromatic N) is 2. The molecule has 1 aliphatic heterocycles. The van der Waals surface area contributed by atoms with Gasteiger partial charge in [-0.3, -0.25) is 14.5 Å². The molecule has 1 aromatic carbocycles. The van der Waals surface area contributed by atoms with Crippen molar-refractivity contribution < 1.29 is 27.7 Å². The standard InChI is InChI=1S/C17H17F3N4O2S/c1-11(25)24(14-4-2-3-12(7-14)17(18,19)20)16-22-13(10-27-16)8-23-6-5-21-15(26)9-23/h2-4,7,10H,5-6,8-9H2,1H3,(H,21,26)/p+1. The zero-order chi connectivity index (χ0) is 19.6. The van der Waals surface area contributed by atoms with Gasteiger partial charge in [0.05, 0.1) is 24.3 Å². The van der Waals surface area contributed by atoms with E-state index in [1.807, 2.05) is 0 Å². The van der Waals surface area contributed by atoms with Gasteiger partial charge in [-0.2, -0.15) is 13.2 Å². The molecule has 6 nitrogen and oxygen atoms in total. The first-order valence-electron chi connectivity index (χ1n) is 8.26. The summed E-state index contributed by atoms with van der Waals surface area (Å²) in [7, 11) is 0. The maximum Gasteiger partial charge on any atom is 0.416 e. The number of hydrogen-bond donors (Lipinski definition) is 2. The van der Waals surface area contributed by atoms with Gasteiger partial charge in [-0.15, -0.1) is 11.3 Å². The largest absolute Gasteiger partial charge is 0.416 e. The summed E-state index contributed by atoms with van der Waals surface area (Å²) in [5.74, 6) is -0.457. The fraction of sp³-hybridized carbons (Fsp3) is 0.353. The van der Waals surface area contributed by atoms with E-state index in [0.717, 1.165) is 23.6 Å². The topological polar surface area (TPSA) is 66.7 Å². The highest BCUT2D eigenvalue weighted by molar-refractivity contribution is 7.14. The Kier molecular flexibility index (Phi) is 5.47. The van der Waals surface area contributed by atoms with Gasteiger partial charge in [0, 0.05) is 12.3 Å². The second kappa shape index (κ2) is 7.65. The molecule has 0 aliphatic carbocycles. The average molecular weight is 399 g/mol. The Morgan fingerprint density at radius 2 is 2.19 bits per heavy atom. The molecule has 1 aromatic heterocycles. The fourth-order valence-electron chi connectivity index (χ4n) is 2.89. The second-order valence-electron chi connectivity index (χ2n) is 6.23. The van der Waals surface area contributed by atoms with Gasteiger partial charge in [-0.25, -0.2) is 4.98 Å². The number of thiazole rings is 1. The summed E-state index contributed by atoms with van der Waals surface area (Å²) in [6, 6.07) is 4.60. The Morgan fingerprint density at radius 3 is 2.85 bits per heavy atom. The summed E-state index contributed by atoms with van der Waals surface area (Å²) in [5.41, 5.74) is -0.0207. The summed E-state index contributed by atoms with van der Waals surface area (Å²) in [6.07, 6.45) is -4.50. The quantitative estimate of drug-likeness (QED) is 0.816. The molecule has 27 heavy (non-hydrogen) atoms. The molecule has 1 aliphatic rings. The first kappa shape index (κ1) is 19.3. The average Bonchev–Trinajstić information content (AvgIpc) is 3.02. The Hall–Kier alpha value is -2.46. The molecule has 1 saturated heterocycles. The van der Waals surface area contributed by atoms with Crippen LogP contribution in [0.25, 0.3) is 0 Å². The van der Waals surface area contributed by atoms with Crippen molar-refractivity contribution in [3.05, 3.63) is 40.9 Å². The van der Waals surface area contributed by atoms with E-state index in [0.29, 0.717) is 30.5 Å². The summed E-state index contributed by atoms with van der Waals surface area (Å²) < 4.78 is 38.9. The molecule has 0 bridgehead atoms. The van der Waals surface area contributed by atoms with Crippen LogP contribution in [0, 0.1) is 0 Å². The Morgan fingerprint density at radius 1 is 1.41 bits per heavy atom.